The van der Waals surface area contributed by atoms with Crippen LogP contribution in [-0.2, 0) is 10.8 Å². The lowest BCUT2D eigenvalue weighted by Crippen LogP contribution is -1.85. The second-order valence-electron chi connectivity index (χ2n) is 4.46. The summed E-state index contributed by atoms with van der Waals surface area (Å²) in [6, 6.07) is 0. The summed E-state index contributed by atoms with van der Waals surface area (Å²) in [6.07, 6.45) is 0.834. The number of halogens is 6. The monoisotopic (exact) mass is 356 g/mol. The van der Waals surface area contributed by atoms with Crippen molar-refractivity contribution in [2.24, 2.45) is 0 Å². The Bertz CT molecular complexity index is 775. The van der Waals surface area contributed by atoms with E-state index in [4.69, 9.17) is 69.6 Å². The van der Waals surface area contributed by atoms with Gasteiger partial charge in [-0.1, -0.05) is 69.6 Å². The van der Waals surface area contributed by atoms with Gasteiger partial charge in [0.15, 0.2) is 4.33 Å². The Hall–Kier alpha value is 0.440. The van der Waals surface area contributed by atoms with E-state index in [0.717, 1.165) is 33.9 Å². The summed E-state index contributed by atoms with van der Waals surface area (Å²) in [7, 11) is 0. The Morgan fingerprint density at radius 1 is 0.667 bits per heavy atom. The molecule has 0 saturated carbocycles. The van der Waals surface area contributed by atoms with Crippen molar-refractivity contribution < 1.29 is 0 Å². The molecule has 0 spiro atoms. The number of benzene rings is 2. The molecular weight excluding hydrogens is 357 g/mol. The standard InChI is InChI=1S/C12H2Cl6/c13-8-4-2-1-3(2)6-7(12(6,17)18)5(4)9(14)11(16)10(8)15/h1H2. The largest absolute Gasteiger partial charge is 0.169 e. The molecule has 0 aliphatic heterocycles. The van der Waals surface area contributed by atoms with Gasteiger partial charge in [0, 0.05) is 21.9 Å². The summed E-state index contributed by atoms with van der Waals surface area (Å²) >= 11 is 37.2. The first-order valence-electron chi connectivity index (χ1n) is 5.09. The molecule has 0 heterocycles. The number of alkyl halides is 2. The highest BCUT2D eigenvalue weighted by Gasteiger charge is 2.56. The smallest absolute Gasteiger partial charge is 0.0908 e. The van der Waals surface area contributed by atoms with Crippen molar-refractivity contribution in [1.29, 1.82) is 0 Å². The fourth-order valence-corrected chi connectivity index (χ4v) is 4.38. The fraction of sp³-hybridized carbons (Fsp3) is 0.167. The number of fused-ring (bicyclic) bond motifs is 6. The zero-order chi connectivity index (χ0) is 13.0. The van der Waals surface area contributed by atoms with Crippen LogP contribution in [0.15, 0.2) is 0 Å². The Labute approximate surface area is 133 Å². The van der Waals surface area contributed by atoms with Crippen LogP contribution in [0, 0.1) is 0 Å². The van der Waals surface area contributed by atoms with Gasteiger partial charge in [-0.15, -0.1) is 0 Å². The van der Waals surface area contributed by atoms with E-state index in [0.29, 0.717) is 10.0 Å². The molecule has 2 aliphatic carbocycles. The first-order chi connectivity index (χ1) is 8.37. The highest BCUT2D eigenvalue weighted by Crippen LogP contribution is 2.68. The quantitative estimate of drug-likeness (QED) is 0.249. The maximum atomic E-state index is 6.27. The van der Waals surface area contributed by atoms with Crippen molar-refractivity contribution in [3.63, 3.8) is 0 Å². The summed E-state index contributed by atoms with van der Waals surface area (Å²) in [6.45, 7) is 0. The Balaban J connectivity index is 2.29. The van der Waals surface area contributed by atoms with E-state index < -0.39 is 4.33 Å². The van der Waals surface area contributed by atoms with Gasteiger partial charge in [-0.25, -0.2) is 0 Å². The SMILES string of the molecule is Clc1c(Cl)c(Cl)c2c3c(c4c(c2c1Cl)C4)C3(Cl)Cl. The molecule has 0 radical (unpaired) electrons. The molecular formula is C12H2Cl6. The van der Waals surface area contributed by atoms with Crippen LogP contribution < -0.4 is 0 Å². The van der Waals surface area contributed by atoms with Crippen LogP contribution in [-0.4, -0.2) is 0 Å². The van der Waals surface area contributed by atoms with Gasteiger partial charge < -0.3 is 0 Å². The van der Waals surface area contributed by atoms with Crippen LogP contribution in [0.4, 0.5) is 0 Å². The van der Waals surface area contributed by atoms with Crippen molar-refractivity contribution in [2.75, 3.05) is 0 Å². The van der Waals surface area contributed by atoms with Crippen LogP contribution in [0.2, 0.25) is 20.1 Å². The molecule has 92 valence electrons. The minimum Gasteiger partial charge on any atom is -0.0908 e. The third kappa shape index (κ3) is 1.23. The lowest BCUT2D eigenvalue weighted by Gasteiger charge is -2.08. The Morgan fingerprint density at radius 2 is 1.22 bits per heavy atom. The van der Waals surface area contributed by atoms with Gasteiger partial charge in [-0.2, -0.15) is 0 Å². The van der Waals surface area contributed by atoms with E-state index >= 15 is 0 Å². The number of hydrogen-bond acceptors (Lipinski definition) is 0. The predicted octanol–water partition coefficient (Wildman–Crippen LogP) is 6.35. The van der Waals surface area contributed by atoms with E-state index in [-0.39, 0.29) is 10.0 Å². The highest BCUT2D eigenvalue weighted by atomic mass is 35.5. The highest BCUT2D eigenvalue weighted by molar-refractivity contribution is 6.59. The fourth-order valence-electron chi connectivity index (χ4n) is 2.62. The zero-order valence-electron chi connectivity index (χ0n) is 8.47. The van der Waals surface area contributed by atoms with E-state index in [1.54, 1.807) is 0 Å². The van der Waals surface area contributed by atoms with E-state index in [1.807, 2.05) is 0 Å². The lowest BCUT2D eigenvalue weighted by molar-refractivity contribution is 1.35. The van der Waals surface area contributed by atoms with Gasteiger partial charge in [-0.3, -0.25) is 0 Å². The number of rotatable bonds is 0. The summed E-state index contributed by atoms with van der Waals surface area (Å²) < 4.78 is -0.952. The first kappa shape index (κ1) is 12.2. The molecule has 0 fully saturated rings. The molecule has 2 aromatic rings. The average Bonchev–Trinajstić information content (AvgIpc) is 3.18. The van der Waals surface area contributed by atoms with Gasteiger partial charge in [0.1, 0.15) is 0 Å². The molecule has 0 amide bonds. The summed E-state index contributed by atoms with van der Waals surface area (Å²) in [4.78, 5) is 0. The molecule has 0 atom stereocenters. The number of hydrogen-bond donors (Lipinski definition) is 0. The first-order valence-corrected chi connectivity index (χ1v) is 7.36. The molecule has 0 saturated heterocycles. The summed E-state index contributed by atoms with van der Waals surface area (Å²) in [5.74, 6) is 0. The zero-order valence-corrected chi connectivity index (χ0v) is 13.0. The molecule has 0 unspecified atom stereocenters. The molecule has 6 heteroatoms. The molecule has 0 nitrogen and oxygen atoms in total. The minimum atomic E-state index is -0.952. The maximum Gasteiger partial charge on any atom is 0.169 e. The van der Waals surface area contributed by atoms with E-state index in [9.17, 15) is 0 Å². The Kier molecular flexibility index (Phi) is 2.28. The van der Waals surface area contributed by atoms with Crippen LogP contribution in [0.1, 0.15) is 22.3 Å². The van der Waals surface area contributed by atoms with Crippen LogP contribution in [0.3, 0.4) is 0 Å². The molecule has 2 aliphatic rings. The van der Waals surface area contributed by atoms with Crippen LogP contribution in [0.25, 0.3) is 10.8 Å². The van der Waals surface area contributed by atoms with Crippen LogP contribution in [0.5, 0.6) is 0 Å². The predicted molar refractivity (Wildman–Crippen MR) is 79.3 cm³/mol. The summed E-state index contributed by atoms with van der Waals surface area (Å²) in [5, 5.41) is 2.90. The molecule has 2 aromatic carbocycles. The molecule has 0 aromatic heterocycles. The third-order valence-electron chi connectivity index (χ3n) is 3.53. The van der Waals surface area contributed by atoms with Crippen molar-refractivity contribution in [2.45, 2.75) is 10.8 Å². The van der Waals surface area contributed by atoms with Crippen molar-refractivity contribution in [1.82, 2.24) is 0 Å². The molecule has 0 bridgehead atoms. The van der Waals surface area contributed by atoms with Crippen molar-refractivity contribution in [3.05, 3.63) is 42.3 Å². The van der Waals surface area contributed by atoms with Gasteiger partial charge in [0.2, 0.25) is 0 Å². The van der Waals surface area contributed by atoms with Gasteiger partial charge in [-0.05, 0) is 17.5 Å². The lowest BCUT2D eigenvalue weighted by atomic mass is 10.1. The van der Waals surface area contributed by atoms with Crippen molar-refractivity contribution in [3.8, 4) is 0 Å². The third-order valence-corrected chi connectivity index (χ3v) is 6.09. The second-order valence-corrected chi connectivity index (χ2v) is 7.30. The normalized spacial score (nSPS) is 17.7. The average molecular weight is 359 g/mol. The minimum absolute atomic E-state index is 0.245. The molecule has 18 heavy (non-hydrogen) atoms. The molecule has 0 N–H and O–H groups in total. The van der Waals surface area contributed by atoms with E-state index in [1.165, 1.54) is 5.56 Å². The maximum absolute atomic E-state index is 6.27. The van der Waals surface area contributed by atoms with Gasteiger partial charge in [0.05, 0.1) is 20.1 Å². The van der Waals surface area contributed by atoms with Crippen LogP contribution >= 0.6 is 69.6 Å². The topological polar surface area (TPSA) is 0 Å². The van der Waals surface area contributed by atoms with Crippen molar-refractivity contribution >= 4 is 80.4 Å². The van der Waals surface area contributed by atoms with Gasteiger partial charge in [0.25, 0.3) is 0 Å². The molecule has 4 rings (SSSR count). The second kappa shape index (κ2) is 3.36. The summed E-state index contributed by atoms with van der Waals surface area (Å²) in [5.41, 5.74) is 4.07. The van der Waals surface area contributed by atoms with Gasteiger partial charge >= 0.3 is 0 Å². The van der Waals surface area contributed by atoms with E-state index in [2.05, 4.69) is 0 Å². The Morgan fingerprint density at radius 3 is 1.83 bits per heavy atom.